The Morgan fingerprint density at radius 2 is 2.04 bits per heavy atom. The molecule has 1 N–H and O–H groups in total. The number of amides is 2. The molecule has 0 radical (unpaired) electrons. The third-order valence-electron chi connectivity index (χ3n) is 4.75. The minimum atomic E-state index is -0.428. The van der Waals surface area contributed by atoms with Crippen molar-refractivity contribution in [2.24, 2.45) is 0 Å². The van der Waals surface area contributed by atoms with Gasteiger partial charge in [0.2, 0.25) is 11.8 Å². The van der Waals surface area contributed by atoms with Crippen molar-refractivity contribution in [1.82, 2.24) is 19.8 Å². The van der Waals surface area contributed by atoms with Gasteiger partial charge in [0.15, 0.2) is 0 Å². The first-order valence-corrected chi connectivity index (χ1v) is 8.65. The van der Waals surface area contributed by atoms with Gasteiger partial charge >= 0.3 is 0 Å². The first kappa shape index (κ1) is 17.2. The number of benzene rings is 1. The zero-order valence-electron chi connectivity index (χ0n) is 14.7. The highest BCUT2D eigenvalue weighted by molar-refractivity contribution is 5.87. The van der Waals surface area contributed by atoms with Crippen molar-refractivity contribution in [2.45, 2.75) is 45.8 Å². The molecule has 1 aromatic heterocycles. The van der Waals surface area contributed by atoms with Gasteiger partial charge in [-0.1, -0.05) is 24.3 Å². The molecule has 0 fully saturated rings. The van der Waals surface area contributed by atoms with Crippen LogP contribution in [0.25, 0.3) is 0 Å². The van der Waals surface area contributed by atoms with E-state index in [0.717, 1.165) is 29.9 Å². The highest BCUT2D eigenvalue weighted by Gasteiger charge is 2.32. The number of fused-ring (bicyclic) bond motifs is 1. The summed E-state index contributed by atoms with van der Waals surface area (Å²) >= 11 is 0. The molecule has 6 nitrogen and oxygen atoms in total. The molecular weight excluding hydrogens is 316 g/mol. The Morgan fingerprint density at radius 1 is 1.28 bits per heavy atom. The van der Waals surface area contributed by atoms with E-state index in [-0.39, 0.29) is 11.8 Å². The van der Waals surface area contributed by atoms with Gasteiger partial charge in [-0.15, -0.1) is 0 Å². The fraction of sp³-hybridized carbons (Fsp3) is 0.421. The lowest BCUT2D eigenvalue weighted by molar-refractivity contribution is -0.140. The Hall–Kier alpha value is -2.63. The second-order valence-corrected chi connectivity index (χ2v) is 6.45. The summed E-state index contributed by atoms with van der Waals surface area (Å²) in [6.07, 6.45) is 5.11. The molecule has 0 bridgehead atoms. The van der Waals surface area contributed by atoms with E-state index in [1.165, 1.54) is 6.92 Å². The number of rotatable bonds is 5. The molecule has 3 rings (SSSR count). The van der Waals surface area contributed by atoms with E-state index in [2.05, 4.69) is 14.9 Å². The topological polar surface area (TPSA) is 67.2 Å². The highest BCUT2D eigenvalue weighted by Crippen LogP contribution is 2.23. The second-order valence-electron chi connectivity index (χ2n) is 6.45. The van der Waals surface area contributed by atoms with Crippen LogP contribution in [0.5, 0.6) is 0 Å². The van der Waals surface area contributed by atoms with Gasteiger partial charge in [0, 0.05) is 45.4 Å². The van der Waals surface area contributed by atoms with Crippen LogP contribution < -0.4 is 5.32 Å². The fourth-order valence-corrected chi connectivity index (χ4v) is 3.31. The van der Waals surface area contributed by atoms with E-state index >= 15 is 0 Å². The van der Waals surface area contributed by atoms with E-state index in [0.29, 0.717) is 19.5 Å². The van der Waals surface area contributed by atoms with Gasteiger partial charge in [-0.25, -0.2) is 4.98 Å². The maximum Gasteiger partial charge on any atom is 0.243 e. The maximum absolute atomic E-state index is 12.6. The summed E-state index contributed by atoms with van der Waals surface area (Å²) in [6, 6.07) is 7.57. The number of carbonyl (C=O) groups is 2. The Labute approximate surface area is 147 Å². The SMILES string of the molecule is CC(=O)N1Cc2ccccc2CC1C(=O)NCCCn1ccnc1C. The van der Waals surface area contributed by atoms with Crippen LogP contribution >= 0.6 is 0 Å². The summed E-state index contributed by atoms with van der Waals surface area (Å²) in [4.78, 5) is 30.5. The smallest absolute Gasteiger partial charge is 0.243 e. The molecule has 25 heavy (non-hydrogen) atoms. The lowest BCUT2D eigenvalue weighted by Crippen LogP contribution is -2.52. The molecule has 1 unspecified atom stereocenters. The predicted octanol–water partition coefficient (Wildman–Crippen LogP) is 1.67. The third-order valence-corrected chi connectivity index (χ3v) is 4.75. The van der Waals surface area contributed by atoms with Crippen LogP contribution in [0.15, 0.2) is 36.7 Å². The van der Waals surface area contributed by atoms with Gasteiger partial charge in [0.1, 0.15) is 11.9 Å². The molecule has 0 spiro atoms. The normalized spacial score (nSPS) is 16.4. The quantitative estimate of drug-likeness (QED) is 0.842. The Bertz CT molecular complexity index is 768. The molecule has 2 aromatic rings. The van der Waals surface area contributed by atoms with E-state index in [9.17, 15) is 9.59 Å². The molecule has 1 aromatic carbocycles. The Kier molecular flexibility index (Phi) is 5.16. The first-order valence-electron chi connectivity index (χ1n) is 8.65. The zero-order chi connectivity index (χ0) is 17.8. The summed E-state index contributed by atoms with van der Waals surface area (Å²) in [6.45, 7) is 5.38. The van der Waals surface area contributed by atoms with E-state index < -0.39 is 6.04 Å². The van der Waals surface area contributed by atoms with Crippen LogP contribution in [-0.2, 0) is 29.1 Å². The van der Waals surface area contributed by atoms with Crippen molar-refractivity contribution in [1.29, 1.82) is 0 Å². The van der Waals surface area contributed by atoms with Crippen LogP contribution in [0.4, 0.5) is 0 Å². The van der Waals surface area contributed by atoms with Gasteiger partial charge in [0.05, 0.1) is 0 Å². The number of nitrogens with one attached hydrogen (secondary N) is 1. The summed E-state index contributed by atoms with van der Waals surface area (Å²) in [5, 5.41) is 2.98. The predicted molar refractivity (Wildman–Crippen MR) is 94.7 cm³/mol. The van der Waals surface area contributed by atoms with Crippen molar-refractivity contribution >= 4 is 11.8 Å². The lowest BCUT2D eigenvalue weighted by atomic mass is 9.93. The number of hydrogen-bond donors (Lipinski definition) is 1. The Balaban J connectivity index is 1.58. The van der Waals surface area contributed by atoms with Gasteiger partial charge in [-0.2, -0.15) is 0 Å². The molecule has 2 amide bonds. The zero-order valence-corrected chi connectivity index (χ0v) is 14.7. The van der Waals surface area contributed by atoms with E-state index in [1.807, 2.05) is 37.4 Å². The molecule has 0 saturated heterocycles. The number of hydrogen-bond acceptors (Lipinski definition) is 3. The average Bonchev–Trinajstić information content (AvgIpc) is 3.02. The van der Waals surface area contributed by atoms with Crippen LogP contribution in [-0.4, -0.2) is 38.9 Å². The van der Waals surface area contributed by atoms with Gasteiger partial charge in [0.25, 0.3) is 0 Å². The fourth-order valence-electron chi connectivity index (χ4n) is 3.31. The van der Waals surface area contributed by atoms with Crippen molar-refractivity contribution in [3.8, 4) is 0 Å². The minimum absolute atomic E-state index is 0.0660. The average molecular weight is 340 g/mol. The van der Waals surface area contributed by atoms with Gasteiger partial charge in [-0.05, 0) is 24.5 Å². The van der Waals surface area contributed by atoms with Crippen molar-refractivity contribution in [3.05, 3.63) is 53.6 Å². The van der Waals surface area contributed by atoms with E-state index in [4.69, 9.17) is 0 Å². The van der Waals surface area contributed by atoms with Crippen LogP contribution in [0.1, 0.15) is 30.3 Å². The minimum Gasteiger partial charge on any atom is -0.354 e. The first-order chi connectivity index (χ1) is 12.1. The van der Waals surface area contributed by atoms with Crippen molar-refractivity contribution in [2.75, 3.05) is 6.54 Å². The van der Waals surface area contributed by atoms with Crippen LogP contribution in [0.3, 0.4) is 0 Å². The number of aryl methyl sites for hydroxylation is 2. The summed E-state index contributed by atoms with van der Waals surface area (Å²) < 4.78 is 2.06. The summed E-state index contributed by atoms with van der Waals surface area (Å²) in [7, 11) is 0. The molecule has 0 aliphatic carbocycles. The largest absolute Gasteiger partial charge is 0.354 e. The standard InChI is InChI=1S/C19H24N4O2/c1-14-20-9-11-22(14)10-5-8-21-19(25)18-12-16-6-3-4-7-17(16)13-23(18)15(2)24/h3-4,6-7,9,11,18H,5,8,10,12-13H2,1-2H3,(H,21,25). The molecule has 1 aliphatic rings. The highest BCUT2D eigenvalue weighted by atomic mass is 16.2. The molecule has 6 heteroatoms. The monoisotopic (exact) mass is 340 g/mol. The summed E-state index contributed by atoms with van der Waals surface area (Å²) in [5.74, 6) is 0.828. The maximum atomic E-state index is 12.6. The number of imidazole rings is 1. The van der Waals surface area contributed by atoms with Crippen molar-refractivity contribution in [3.63, 3.8) is 0 Å². The van der Waals surface area contributed by atoms with E-state index in [1.54, 1.807) is 11.1 Å². The molecule has 132 valence electrons. The summed E-state index contributed by atoms with van der Waals surface area (Å²) in [5.41, 5.74) is 2.27. The number of aromatic nitrogens is 2. The van der Waals surface area contributed by atoms with Gasteiger partial charge in [-0.3, -0.25) is 9.59 Å². The number of carbonyl (C=O) groups excluding carboxylic acids is 2. The lowest BCUT2D eigenvalue weighted by Gasteiger charge is -2.35. The second kappa shape index (κ2) is 7.51. The number of nitrogens with zero attached hydrogens (tertiary/aromatic N) is 3. The Morgan fingerprint density at radius 3 is 2.72 bits per heavy atom. The van der Waals surface area contributed by atoms with Gasteiger partial charge < -0.3 is 14.8 Å². The molecule has 1 aliphatic heterocycles. The van der Waals surface area contributed by atoms with Crippen LogP contribution in [0, 0.1) is 6.92 Å². The third kappa shape index (κ3) is 3.90. The molecule has 0 saturated carbocycles. The molecule has 1 atom stereocenters. The molecule has 2 heterocycles. The van der Waals surface area contributed by atoms with Crippen molar-refractivity contribution < 1.29 is 9.59 Å². The molecular formula is C19H24N4O2. The van der Waals surface area contributed by atoms with Crippen LogP contribution in [0.2, 0.25) is 0 Å².